The summed E-state index contributed by atoms with van der Waals surface area (Å²) in [7, 11) is 0. The molecule has 2 aromatic heterocycles. The van der Waals surface area contributed by atoms with Crippen LogP contribution < -0.4 is 10.6 Å². The first-order valence-corrected chi connectivity index (χ1v) is 8.38. The zero-order valence-corrected chi connectivity index (χ0v) is 14.7. The largest absolute Gasteiger partial charge is 0.377 e. The third-order valence-corrected chi connectivity index (χ3v) is 3.33. The van der Waals surface area contributed by atoms with Crippen LogP contribution in [0.2, 0.25) is 10.3 Å². The average Bonchev–Trinajstić information content (AvgIpc) is 2.57. The van der Waals surface area contributed by atoms with Gasteiger partial charge in [-0.25, -0.2) is 9.97 Å². The van der Waals surface area contributed by atoms with E-state index in [2.05, 4.69) is 20.6 Å². The first kappa shape index (κ1) is 18.7. The highest BCUT2D eigenvalue weighted by Gasteiger charge is 1.96. The van der Waals surface area contributed by atoms with E-state index >= 15 is 0 Å². The molecule has 0 atom stereocenters. The minimum atomic E-state index is 0.468. The number of aromatic nitrogens is 2. The number of pyridine rings is 2. The summed E-state index contributed by atoms with van der Waals surface area (Å²) in [6.45, 7) is 3.55. The summed E-state index contributed by atoms with van der Waals surface area (Å²) in [6, 6.07) is 10.9. The van der Waals surface area contributed by atoms with Gasteiger partial charge in [-0.1, -0.05) is 35.3 Å². The Kier molecular flexibility index (Phi) is 8.62. The third kappa shape index (κ3) is 7.79. The van der Waals surface area contributed by atoms with Crippen LogP contribution in [0.4, 0.5) is 11.6 Å². The standard InChI is InChI=1S/C16H20Cl2N4O2/c17-13-3-1-5-15(21-13)19-7-9-23-11-12-24-10-8-20-16-6-2-4-14(18)22-16/h1-6H,7-12H2,(H,19,21)(H,20,22). The molecule has 6 nitrogen and oxygen atoms in total. The van der Waals surface area contributed by atoms with Crippen molar-refractivity contribution in [2.45, 2.75) is 0 Å². The van der Waals surface area contributed by atoms with Crippen molar-refractivity contribution in [3.8, 4) is 0 Å². The Bertz CT molecular complexity index is 563. The van der Waals surface area contributed by atoms with Crippen LogP contribution in [-0.2, 0) is 9.47 Å². The lowest BCUT2D eigenvalue weighted by Crippen LogP contribution is -2.15. The van der Waals surface area contributed by atoms with E-state index in [0.29, 0.717) is 49.8 Å². The van der Waals surface area contributed by atoms with Gasteiger partial charge in [-0.15, -0.1) is 0 Å². The molecule has 0 saturated carbocycles. The van der Waals surface area contributed by atoms with Gasteiger partial charge in [-0.2, -0.15) is 0 Å². The van der Waals surface area contributed by atoms with Crippen molar-refractivity contribution in [1.82, 2.24) is 9.97 Å². The van der Waals surface area contributed by atoms with E-state index in [1.165, 1.54) is 0 Å². The average molecular weight is 371 g/mol. The maximum absolute atomic E-state index is 5.80. The quantitative estimate of drug-likeness (QED) is 0.467. The molecule has 0 aliphatic rings. The number of nitrogens with zero attached hydrogens (tertiary/aromatic N) is 2. The SMILES string of the molecule is Clc1cccc(NCCOCCOCCNc2cccc(Cl)n2)n1. The van der Waals surface area contributed by atoms with Gasteiger partial charge in [0, 0.05) is 13.1 Å². The van der Waals surface area contributed by atoms with Gasteiger partial charge in [-0.05, 0) is 24.3 Å². The van der Waals surface area contributed by atoms with Gasteiger partial charge < -0.3 is 20.1 Å². The van der Waals surface area contributed by atoms with Crippen molar-refractivity contribution in [3.05, 3.63) is 46.7 Å². The number of hydrogen-bond acceptors (Lipinski definition) is 6. The molecule has 0 fully saturated rings. The second kappa shape index (κ2) is 11.0. The molecule has 2 aromatic rings. The van der Waals surface area contributed by atoms with Gasteiger partial charge in [-0.3, -0.25) is 0 Å². The minimum Gasteiger partial charge on any atom is -0.377 e. The van der Waals surface area contributed by atoms with Crippen molar-refractivity contribution >= 4 is 34.8 Å². The Morgan fingerprint density at radius 1 is 0.708 bits per heavy atom. The molecule has 0 radical (unpaired) electrons. The van der Waals surface area contributed by atoms with E-state index in [-0.39, 0.29) is 0 Å². The fraction of sp³-hybridized carbons (Fsp3) is 0.375. The molecule has 24 heavy (non-hydrogen) atoms. The Morgan fingerprint density at radius 3 is 1.58 bits per heavy atom. The molecule has 130 valence electrons. The van der Waals surface area contributed by atoms with Crippen LogP contribution in [0.5, 0.6) is 0 Å². The summed E-state index contributed by atoms with van der Waals surface area (Å²) >= 11 is 11.6. The zero-order valence-electron chi connectivity index (χ0n) is 13.2. The van der Waals surface area contributed by atoms with Gasteiger partial charge in [0.05, 0.1) is 26.4 Å². The molecule has 0 spiro atoms. The molecule has 2 heterocycles. The van der Waals surface area contributed by atoms with Crippen LogP contribution >= 0.6 is 23.2 Å². The Labute approximate surface area is 151 Å². The molecule has 0 aromatic carbocycles. The summed E-state index contributed by atoms with van der Waals surface area (Å²) in [6.07, 6.45) is 0. The Balaban J connectivity index is 1.42. The minimum absolute atomic E-state index is 0.468. The lowest BCUT2D eigenvalue weighted by atomic mass is 10.4. The molecule has 0 aliphatic carbocycles. The lowest BCUT2D eigenvalue weighted by Gasteiger charge is -2.08. The first-order chi connectivity index (χ1) is 11.7. The van der Waals surface area contributed by atoms with E-state index in [0.717, 1.165) is 11.6 Å². The van der Waals surface area contributed by atoms with Gasteiger partial charge in [0.1, 0.15) is 21.9 Å². The van der Waals surface area contributed by atoms with Crippen molar-refractivity contribution in [3.63, 3.8) is 0 Å². The van der Waals surface area contributed by atoms with Crippen LogP contribution in [-0.4, -0.2) is 49.5 Å². The Hall–Kier alpha value is -1.60. The van der Waals surface area contributed by atoms with E-state index in [1.807, 2.05) is 24.3 Å². The molecular formula is C16H20Cl2N4O2. The number of nitrogens with one attached hydrogen (secondary N) is 2. The topological polar surface area (TPSA) is 68.3 Å². The van der Waals surface area contributed by atoms with Crippen molar-refractivity contribution in [1.29, 1.82) is 0 Å². The predicted molar refractivity (Wildman–Crippen MR) is 97.1 cm³/mol. The van der Waals surface area contributed by atoms with Crippen LogP contribution in [0, 0.1) is 0 Å². The molecule has 2 rings (SSSR count). The maximum atomic E-state index is 5.80. The lowest BCUT2D eigenvalue weighted by molar-refractivity contribution is 0.0556. The molecule has 0 saturated heterocycles. The fourth-order valence-electron chi connectivity index (χ4n) is 1.84. The van der Waals surface area contributed by atoms with Crippen LogP contribution in [0.15, 0.2) is 36.4 Å². The van der Waals surface area contributed by atoms with Gasteiger partial charge >= 0.3 is 0 Å². The van der Waals surface area contributed by atoms with E-state index in [4.69, 9.17) is 32.7 Å². The van der Waals surface area contributed by atoms with Crippen molar-refractivity contribution < 1.29 is 9.47 Å². The number of ether oxygens (including phenoxy) is 2. The second-order valence-corrected chi connectivity index (χ2v) is 5.54. The summed E-state index contributed by atoms with van der Waals surface area (Å²) in [4.78, 5) is 8.25. The highest BCUT2D eigenvalue weighted by atomic mass is 35.5. The second-order valence-electron chi connectivity index (χ2n) is 4.77. The maximum Gasteiger partial charge on any atom is 0.131 e. The summed E-state index contributed by atoms with van der Waals surface area (Å²) in [5, 5.41) is 7.20. The molecular weight excluding hydrogens is 351 g/mol. The van der Waals surface area contributed by atoms with Gasteiger partial charge in [0.2, 0.25) is 0 Å². The molecule has 8 heteroatoms. The fourth-order valence-corrected chi connectivity index (χ4v) is 2.17. The molecule has 0 aliphatic heterocycles. The van der Waals surface area contributed by atoms with Crippen molar-refractivity contribution in [2.75, 3.05) is 50.2 Å². The zero-order chi connectivity index (χ0) is 17.0. The Morgan fingerprint density at radius 2 is 1.17 bits per heavy atom. The van der Waals surface area contributed by atoms with Crippen LogP contribution in [0.1, 0.15) is 0 Å². The number of halogens is 2. The van der Waals surface area contributed by atoms with E-state index in [9.17, 15) is 0 Å². The summed E-state index contributed by atoms with van der Waals surface area (Å²) in [5.41, 5.74) is 0. The first-order valence-electron chi connectivity index (χ1n) is 7.62. The number of anilines is 2. The van der Waals surface area contributed by atoms with Crippen LogP contribution in [0.25, 0.3) is 0 Å². The van der Waals surface area contributed by atoms with E-state index < -0.39 is 0 Å². The summed E-state index contributed by atoms with van der Waals surface area (Å²) in [5.74, 6) is 1.48. The normalized spacial score (nSPS) is 10.6. The van der Waals surface area contributed by atoms with Gasteiger partial charge in [0.15, 0.2) is 0 Å². The summed E-state index contributed by atoms with van der Waals surface area (Å²) < 4.78 is 10.9. The van der Waals surface area contributed by atoms with Crippen molar-refractivity contribution in [2.24, 2.45) is 0 Å². The highest BCUT2D eigenvalue weighted by Crippen LogP contribution is 2.09. The highest BCUT2D eigenvalue weighted by molar-refractivity contribution is 6.29. The van der Waals surface area contributed by atoms with Gasteiger partial charge in [0.25, 0.3) is 0 Å². The number of rotatable bonds is 11. The number of hydrogen-bond donors (Lipinski definition) is 2. The molecule has 0 unspecified atom stereocenters. The molecule has 0 bridgehead atoms. The predicted octanol–water partition coefficient (Wildman–Crippen LogP) is 3.34. The smallest absolute Gasteiger partial charge is 0.131 e. The van der Waals surface area contributed by atoms with E-state index in [1.54, 1.807) is 12.1 Å². The third-order valence-electron chi connectivity index (χ3n) is 2.91. The molecule has 2 N–H and O–H groups in total. The van der Waals surface area contributed by atoms with Crippen LogP contribution in [0.3, 0.4) is 0 Å². The molecule has 0 amide bonds. The monoisotopic (exact) mass is 370 g/mol.